The predicted octanol–water partition coefficient (Wildman–Crippen LogP) is 2.61. The maximum absolute atomic E-state index is 13.0. The van der Waals surface area contributed by atoms with Gasteiger partial charge in [0.2, 0.25) is 5.91 Å². The smallest absolute Gasteiger partial charge is 0.323 e. The fourth-order valence-corrected chi connectivity index (χ4v) is 2.02. The maximum atomic E-state index is 13.0. The number of benzene rings is 1. The third kappa shape index (κ3) is 5.89. The number of hydrogen-bond acceptors (Lipinski definition) is 2. The van der Waals surface area contributed by atoms with Crippen LogP contribution in [0.15, 0.2) is 18.2 Å². The van der Waals surface area contributed by atoms with Gasteiger partial charge in [0.05, 0.1) is 0 Å². The standard InChI is InChI=1S/C15H19F2NO3/c1-2-8-18(10-15(20)21)14(19)5-3-4-11-6-7-12(16)13(17)9-11/h6-7,9H,2-5,8,10H2,1H3,(H,20,21). The van der Waals surface area contributed by atoms with Crippen LogP contribution in [-0.4, -0.2) is 35.0 Å². The molecular formula is C15H19F2NO3. The topological polar surface area (TPSA) is 57.6 Å². The van der Waals surface area contributed by atoms with Gasteiger partial charge in [-0.3, -0.25) is 9.59 Å². The fourth-order valence-electron chi connectivity index (χ4n) is 2.02. The van der Waals surface area contributed by atoms with Gasteiger partial charge in [-0.05, 0) is 37.0 Å². The normalized spacial score (nSPS) is 10.4. The molecule has 4 nitrogen and oxygen atoms in total. The molecule has 21 heavy (non-hydrogen) atoms. The molecule has 0 aliphatic heterocycles. The molecule has 0 bridgehead atoms. The van der Waals surface area contributed by atoms with E-state index in [-0.39, 0.29) is 18.9 Å². The molecular weight excluding hydrogens is 280 g/mol. The SMILES string of the molecule is CCCN(CC(=O)O)C(=O)CCCc1ccc(F)c(F)c1. The van der Waals surface area contributed by atoms with Crippen molar-refractivity contribution in [3.63, 3.8) is 0 Å². The van der Waals surface area contributed by atoms with Crippen LogP contribution in [0.3, 0.4) is 0 Å². The van der Waals surface area contributed by atoms with Crippen LogP contribution in [0.2, 0.25) is 0 Å². The Kier molecular flexibility index (Phi) is 6.78. The molecule has 116 valence electrons. The maximum Gasteiger partial charge on any atom is 0.323 e. The van der Waals surface area contributed by atoms with Gasteiger partial charge in [0.1, 0.15) is 6.54 Å². The van der Waals surface area contributed by atoms with Gasteiger partial charge in [0, 0.05) is 13.0 Å². The first-order chi connectivity index (χ1) is 9.93. The van der Waals surface area contributed by atoms with Crippen molar-refractivity contribution in [3.8, 4) is 0 Å². The summed E-state index contributed by atoms with van der Waals surface area (Å²) >= 11 is 0. The monoisotopic (exact) mass is 299 g/mol. The van der Waals surface area contributed by atoms with E-state index in [1.807, 2.05) is 6.92 Å². The Bertz CT molecular complexity index is 506. The van der Waals surface area contributed by atoms with Crippen LogP contribution < -0.4 is 0 Å². The van der Waals surface area contributed by atoms with Gasteiger partial charge >= 0.3 is 5.97 Å². The van der Waals surface area contributed by atoms with Gasteiger partial charge in [0.15, 0.2) is 11.6 Å². The highest BCUT2D eigenvalue weighted by atomic mass is 19.2. The quantitative estimate of drug-likeness (QED) is 0.802. The minimum absolute atomic E-state index is 0.187. The van der Waals surface area contributed by atoms with Crippen molar-refractivity contribution in [2.45, 2.75) is 32.6 Å². The Hall–Kier alpha value is -1.98. The first kappa shape index (κ1) is 17.1. The molecule has 0 radical (unpaired) electrons. The van der Waals surface area contributed by atoms with E-state index in [2.05, 4.69) is 0 Å². The lowest BCUT2D eigenvalue weighted by atomic mass is 10.1. The first-order valence-corrected chi connectivity index (χ1v) is 6.87. The van der Waals surface area contributed by atoms with E-state index in [0.29, 0.717) is 31.4 Å². The Balaban J connectivity index is 2.47. The number of rotatable bonds is 8. The summed E-state index contributed by atoms with van der Waals surface area (Å²) in [6.45, 7) is 1.96. The molecule has 0 saturated heterocycles. The lowest BCUT2D eigenvalue weighted by Crippen LogP contribution is -2.36. The van der Waals surface area contributed by atoms with Crippen molar-refractivity contribution in [2.75, 3.05) is 13.1 Å². The summed E-state index contributed by atoms with van der Waals surface area (Å²) in [6, 6.07) is 3.64. The minimum atomic E-state index is -1.04. The Morgan fingerprint density at radius 2 is 1.95 bits per heavy atom. The molecule has 1 aromatic rings. The van der Waals surface area contributed by atoms with E-state index in [9.17, 15) is 18.4 Å². The van der Waals surface area contributed by atoms with Crippen molar-refractivity contribution in [2.24, 2.45) is 0 Å². The van der Waals surface area contributed by atoms with Crippen molar-refractivity contribution in [1.82, 2.24) is 4.90 Å². The van der Waals surface area contributed by atoms with Gasteiger partial charge in [-0.1, -0.05) is 13.0 Å². The lowest BCUT2D eigenvalue weighted by molar-refractivity contribution is -0.144. The highest BCUT2D eigenvalue weighted by Crippen LogP contribution is 2.12. The number of carbonyl (C=O) groups is 2. The molecule has 6 heteroatoms. The molecule has 0 saturated carbocycles. The highest BCUT2D eigenvalue weighted by Gasteiger charge is 2.15. The van der Waals surface area contributed by atoms with E-state index < -0.39 is 17.6 Å². The van der Waals surface area contributed by atoms with E-state index in [0.717, 1.165) is 12.1 Å². The Labute approximate surface area is 122 Å². The molecule has 1 amide bonds. The molecule has 0 fully saturated rings. The molecule has 1 N–H and O–H groups in total. The van der Waals surface area contributed by atoms with E-state index >= 15 is 0 Å². The highest BCUT2D eigenvalue weighted by molar-refractivity contribution is 5.81. The van der Waals surface area contributed by atoms with Crippen LogP contribution in [0.25, 0.3) is 0 Å². The number of carboxylic acid groups (broad SMARTS) is 1. The summed E-state index contributed by atoms with van der Waals surface area (Å²) in [6.07, 6.45) is 1.77. The largest absolute Gasteiger partial charge is 0.480 e. The van der Waals surface area contributed by atoms with Gasteiger partial charge in [-0.15, -0.1) is 0 Å². The Morgan fingerprint density at radius 3 is 2.52 bits per heavy atom. The zero-order chi connectivity index (χ0) is 15.8. The zero-order valence-corrected chi connectivity index (χ0v) is 11.9. The first-order valence-electron chi connectivity index (χ1n) is 6.87. The number of halogens is 2. The van der Waals surface area contributed by atoms with Crippen LogP contribution in [-0.2, 0) is 16.0 Å². The van der Waals surface area contributed by atoms with E-state index in [1.54, 1.807) is 0 Å². The fraction of sp³-hybridized carbons (Fsp3) is 0.467. The summed E-state index contributed by atoms with van der Waals surface area (Å²) in [5.74, 6) is -3.08. The molecule has 1 rings (SSSR count). The molecule has 0 unspecified atom stereocenters. The lowest BCUT2D eigenvalue weighted by Gasteiger charge is -2.19. The Morgan fingerprint density at radius 1 is 1.24 bits per heavy atom. The number of carbonyl (C=O) groups excluding carboxylic acids is 1. The average molecular weight is 299 g/mol. The number of carboxylic acids is 1. The summed E-state index contributed by atoms with van der Waals surface area (Å²) < 4.78 is 25.8. The molecule has 0 atom stereocenters. The van der Waals surface area contributed by atoms with Gasteiger partial charge in [-0.25, -0.2) is 8.78 Å². The summed E-state index contributed by atoms with van der Waals surface area (Å²) in [4.78, 5) is 23.9. The number of amides is 1. The second-order valence-electron chi connectivity index (χ2n) is 4.81. The number of aliphatic carboxylic acids is 1. The van der Waals surface area contributed by atoms with Crippen molar-refractivity contribution in [1.29, 1.82) is 0 Å². The summed E-state index contributed by atoms with van der Waals surface area (Å²) in [5, 5.41) is 8.75. The number of aryl methyl sites for hydroxylation is 1. The van der Waals surface area contributed by atoms with Crippen LogP contribution in [0, 0.1) is 11.6 Å². The molecule has 0 heterocycles. The zero-order valence-electron chi connectivity index (χ0n) is 11.9. The predicted molar refractivity (Wildman–Crippen MR) is 73.8 cm³/mol. The van der Waals surface area contributed by atoms with Crippen molar-refractivity contribution < 1.29 is 23.5 Å². The van der Waals surface area contributed by atoms with E-state index in [4.69, 9.17) is 5.11 Å². The number of nitrogens with zero attached hydrogens (tertiary/aromatic N) is 1. The summed E-state index contributed by atoms with van der Waals surface area (Å²) in [5.41, 5.74) is 0.613. The van der Waals surface area contributed by atoms with Crippen LogP contribution in [0.4, 0.5) is 8.78 Å². The third-order valence-corrected chi connectivity index (χ3v) is 3.01. The molecule has 0 spiro atoms. The third-order valence-electron chi connectivity index (χ3n) is 3.01. The van der Waals surface area contributed by atoms with Gasteiger partial charge < -0.3 is 10.0 Å². The van der Waals surface area contributed by atoms with Crippen LogP contribution >= 0.6 is 0 Å². The second kappa shape index (κ2) is 8.34. The van der Waals surface area contributed by atoms with Gasteiger partial charge in [-0.2, -0.15) is 0 Å². The average Bonchev–Trinajstić information content (AvgIpc) is 2.41. The molecule has 0 aliphatic rings. The molecule has 0 aromatic heterocycles. The van der Waals surface area contributed by atoms with Gasteiger partial charge in [0.25, 0.3) is 0 Å². The van der Waals surface area contributed by atoms with Crippen molar-refractivity contribution in [3.05, 3.63) is 35.4 Å². The molecule has 1 aromatic carbocycles. The molecule has 0 aliphatic carbocycles. The van der Waals surface area contributed by atoms with Crippen LogP contribution in [0.1, 0.15) is 31.7 Å². The van der Waals surface area contributed by atoms with Crippen LogP contribution in [0.5, 0.6) is 0 Å². The second-order valence-corrected chi connectivity index (χ2v) is 4.81. The van der Waals surface area contributed by atoms with E-state index in [1.165, 1.54) is 11.0 Å². The van der Waals surface area contributed by atoms with Crippen molar-refractivity contribution >= 4 is 11.9 Å². The summed E-state index contributed by atoms with van der Waals surface area (Å²) in [7, 11) is 0. The minimum Gasteiger partial charge on any atom is -0.480 e. The number of hydrogen-bond donors (Lipinski definition) is 1.